The Bertz CT molecular complexity index is 1070. The minimum Gasteiger partial charge on any atom is -0.461 e. The average molecular weight is 502 g/mol. The number of nitrogens with zero attached hydrogens (tertiary/aromatic N) is 2. The number of nitriles is 1. The van der Waals surface area contributed by atoms with Crippen molar-refractivity contribution in [3.8, 4) is 28.3 Å². The molecule has 142 valence electrons. The molecule has 0 fully saturated rings. The van der Waals surface area contributed by atoms with Gasteiger partial charge in [0.25, 0.3) is 0 Å². The molecule has 0 atom stereocenters. The fourth-order valence-corrected chi connectivity index (χ4v) is 4.43. The number of hydrogen-bond donors (Lipinski definition) is 0. The van der Waals surface area contributed by atoms with E-state index < -0.39 is 5.97 Å². The fourth-order valence-electron chi connectivity index (χ4n) is 3.18. The Kier molecular flexibility index (Phi) is 6.47. The average Bonchev–Trinajstić information content (AvgIpc) is 2.98. The number of carbonyl (C=O) groups is 1. The van der Waals surface area contributed by atoms with Gasteiger partial charge in [-0.1, -0.05) is 42.5 Å². The molecule has 0 unspecified atom stereocenters. The van der Waals surface area contributed by atoms with E-state index in [0.29, 0.717) is 16.8 Å². The van der Waals surface area contributed by atoms with Crippen molar-refractivity contribution in [3.05, 3.63) is 63.5 Å². The molecule has 6 heteroatoms. The lowest BCUT2D eigenvalue weighted by Crippen LogP contribution is -2.11. The van der Waals surface area contributed by atoms with Crippen LogP contribution < -0.4 is 0 Å². The first-order valence-electron chi connectivity index (χ1n) is 8.72. The van der Waals surface area contributed by atoms with E-state index >= 15 is 0 Å². The minimum absolute atomic E-state index is 0.284. The summed E-state index contributed by atoms with van der Waals surface area (Å²) >= 11 is 3.80. The molecule has 0 aliphatic rings. The van der Waals surface area contributed by atoms with Crippen LogP contribution >= 0.6 is 34.4 Å². The topological polar surface area (TPSA) is 55.0 Å². The molecular formula is C22H19IN2O2S. The Labute approximate surface area is 182 Å². The number of rotatable bonds is 5. The third-order valence-electron chi connectivity index (χ3n) is 4.50. The molecule has 3 aromatic rings. The Morgan fingerprint density at radius 2 is 1.82 bits per heavy atom. The summed E-state index contributed by atoms with van der Waals surface area (Å²) in [6.07, 6.45) is 2.06. The van der Waals surface area contributed by atoms with E-state index in [2.05, 4.69) is 47.0 Å². The van der Waals surface area contributed by atoms with Gasteiger partial charge in [-0.15, -0.1) is 11.8 Å². The first-order valence-corrected chi connectivity index (χ1v) is 11.0. The van der Waals surface area contributed by atoms with Gasteiger partial charge >= 0.3 is 5.97 Å². The lowest BCUT2D eigenvalue weighted by atomic mass is 9.98. The van der Waals surface area contributed by atoms with Crippen molar-refractivity contribution in [1.29, 1.82) is 5.26 Å². The summed E-state index contributed by atoms with van der Waals surface area (Å²) in [7, 11) is 1.78. The summed E-state index contributed by atoms with van der Waals surface area (Å²) in [6.45, 7) is 2.06. The van der Waals surface area contributed by atoms with Crippen LogP contribution in [-0.4, -0.2) is 23.4 Å². The Morgan fingerprint density at radius 1 is 1.18 bits per heavy atom. The molecule has 1 heterocycles. The van der Waals surface area contributed by atoms with Gasteiger partial charge in [0.1, 0.15) is 11.8 Å². The van der Waals surface area contributed by atoms with Crippen LogP contribution in [0.2, 0.25) is 0 Å². The number of hydrogen-bond acceptors (Lipinski definition) is 4. The monoisotopic (exact) mass is 502 g/mol. The highest BCUT2D eigenvalue weighted by atomic mass is 127. The van der Waals surface area contributed by atoms with Crippen molar-refractivity contribution in [2.45, 2.75) is 11.8 Å². The van der Waals surface area contributed by atoms with E-state index in [1.807, 2.05) is 36.4 Å². The molecule has 4 nitrogen and oxygen atoms in total. The highest BCUT2D eigenvalue weighted by Gasteiger charge is 2.26. The predicted molar refractivity (Wildman–Crippen MR) is 121 cm³/mol. The van der Waals surface area contributed by atoms with Crippen LogP contribution in [-0.2, 0) is 11.8 Å². The van der Waals surface area contributed by atoms with Crippen molar-refractivity contribution in [2.75, 3.05) is 12.9 Å². The molecule has 0 aliphatic carbocycles. The maximum absolute atomic E-state index is 12.6. The zero-order valence-electron chi connectivity index (χ0n) is 15.8. The zero-order valence-corrected chi connectivity index (χ0v) is 18.8. The standard InChI is InChI=1S/C22H19IN2O2S/c1-4-27-22(26)20-19(17(13-24)21(23)25(20)2)15-11-9-14(10-12-15)16-7-5-6-8-18(16)28-3/h5-12H,4H2,1-3H3. The quantitative estimate of drug-likeness (QED) is 0.254. The molecule has 0 spiro atoms. The zero-order chi connectivity index (χ0) is 20.3. The van der Waals surface area contributed by atoms with Crippen molar-refractivity contribution >= 4 is 40.3 Å². The van der Waals surface area contributed by atoms with Gasteiger partial charge in [0, 0.05) is 17.5 Å². The second kappa shape index (κ2) is 8.84. The van der Waals surface area contributed by atoms with E-state index in [1.54, 1.807) is 30.3 Å². The molecule has 3 rings (SSSR count). The molecule has 0 bridgehead atoms. The number of ether oxygens (including phenoxy) is 1. The first-order chi connectivity index (χ1) is 13.5. The highest BCUT2D eigenvalue weighted by molar-refractivity contribution is 14.1. The van der Waals surface area contributed by atoms with Crippen LogP contribution in [0.4, 0.5) is 0 Å². The van der Waals surface area contributed by atoms with Crippen LogP contribution in [0, 0.1) is 15.0 Å². The van der Waals surface area contributed by atoms with E-state index in [1.165, 1.54) is 4.90 Å². The van der Waals surface area contributed by atoms with Crippen LogP contribution in [0.1, 0.15) is 23.0 Å². The molecule has 0 saturated heterocycles. The van der Waals surface area contributed by atoms with E-state index in [0.717, 1.165) is 20.4 Å². The first kappa shape index (κ1) is 20.5. The van der Waals surface area contributed by atoms with E-state index in [9.17, 15) is 10.1 Å². The summed E-state index contributed by atoms with van der Waals surface area (Å²) in [5.41, 5.74) is 4.59. The number of carbonyl (C=O) groups excluding carboxylic acids is 1. The number of aromatic nitrogens is 1. The molecule has 2 aromatic carbocycles. The number of esters is 1. The van der Waals surface area contributed by atoms with Gasteiger partial charge in [0.05, 0.1) is 15.9 Å². The summed E-state index contributed by atoms with van der Waals surface area (Å²) in [6, 6.07) is 18.5. The second-order valence-electron chi connectivity index (χ2n) is 6.06. The molecule has 0 radical (unpaired) electrons. The van der Waals surface area contributed by atoms with Gasteiger partial charge in [0.2, 0.25) is 0 Å². The van der Waals surface area contributed by atoms with Crippen molar-refractivity contribution in [2.24, 2.45) is 7.05 Å². The normalized spacial score (nSPS) is 10.5. The molecule has 0 aliphatic heterocycles. The lowest BCUT2D eigenvalue weighted by Gasteiger charge is -2.10. The lowest BCUT2D eigenvalue weighted by molar-refractivity contribution is 0.0516. The summed E-state index contributed by atoms with van der Waals surface area (Å²) in [4.78, 5) is 13.8. The maximum Gasteiger partial charge on any atom is 0.355 e. The van der Waals surface area contributed by atoms with Gasteiger partial charge in [-0.25, -0.2) is 4.79 Å². The second-order valence-corrected chi connectivity index (χ2v) is 7.93. The molecule has 0 saturated carbocycles. The van der Waals surface area contributed by atoms with Crippen molar-refractivity contribution in [1.82, 2.24) is 4.57 Å². The largest absolute Gasteiger partial charge is 0.461 e. The van der Waals surface area contributed by atoms with Gasteiger partial charge in [-0.2, -0.15) is 5.26 Å². The Hall–Kier alpha value is -2.24. The van der Waals surface area contributed by atoms with Crippen molar-refractivity contribution < 1.29 is 9.53 Å². The van der Waals surface area contributed by atoms with Gasteiger partial charge in [-0.05, 0) is 58.5 Å². The Morgan fingerprint density at radius 3 is 2.43 bits per heavy atom. The van der Waals surface area contributed by atoms with Gasteiger partial charge in [-0.3, -0.25) is 0 Å². The van der Waals surface area contributed by atoms with Crippen LogP contribution in [0.25, 0.3) is 22.3 Å². The molecular weight excluding hydrogens is 483 g/mol. The highest BCUT2D eigenvalue weighted by Crippen LogP contribution is 2.36. The Balaban J connectivity index is 2.13. The van der Waals surface area contributed by atoms with Crippen LogP contribution in [0.5, 0.6) is 0 Å². The molecule has 1 aromatic heterocycles. The predicted octanol–water partition coefficient (Wildman–Crippen LogP) is 5.73. The van der Waals surface area contributed by atoms with Gasteiger partial charge in [0.15, 0.2) is 0 Å². The third-order valence-corrected chi connectivity index (χ3v) is 6.55. The third kappa shape index (κ3) is 3.69. The van der Waals surface area contributed by atoms with Gasteiger partial charge < -0.3 is 9.30 Å². The number of thioether (sulfide) groups is 1. The van der Waals surface area contributed by atoms with Crippen LogP contribution in [0.3, 0.4) is 0 Å². The van der Waals surface area contributed by atoms with Crippen LogP contribution in [0.15, 0.2) is 53.4 Å². The smallest absolute Gasteiger partial charge is 0.355 e. The van der Waals surface area contributed by atoms with E-state index in [4.69, 9.17) is 4.74 Å². The molecule has 0 amide bonds. The summed E-state index contributed by atoms with van der Waals surface area (Å²) in [5.74, 6) is -0.420. The summed E-state index contributed by atoms with van der Waals surface area (Å²) < 4.78 is 7.67. The number of halogens is 1. The fraction of sp³-hybridized carbons (Fsp3) is 0.182. The summed E-state index contributed by atoms with van der Waals surface area (Å²) in [5, 5.41) is 9.69. The maximum atomic E-state index is 12.6. The molecule has 0 N–H and O–H groups in total. The van der Waals surface area contributed by atoms with Crippen molar-refractivity contribution in [3.63, 3.8) is 0 Å². The number of benzene rings is 2. The SMILES string of the molecule is CCOC(=O)c1c(-c2ccc(-c3ccccc3SC)cc2)c(C#N)c(I)n1C. The minimum atomic E-state index is -0.420. The molecule has 28 heavy (non-hydrogen) atoms. The van der Waals surface area contributed by atoms with E-state index in [-0.39, 0.29) is 6.61 Å².